The van der Waals surface area contributed by atoms with Crippen LogP contribution in [0, 0.1) is 0 Å². The number of hydrogen-bond donors (Lipinski definition) is 0. The molecule has 0 radical (unpaired) electrons. The van der Waals surface area contributed by atoms with Crippen molar-refractivity contribution in [1.82, 2.24) is 4.98 Å². The molecule has 0 saturated carbocycles. The molecule has 1 aromatic heterocycles. The van der Waals surface area contributed by atoms with Crippen LogP contribution >= 0.6 is 11.6 Å². The van der Waals surface area contributed by atoms with Gasteiger partial charge in [-0.05, 0) is 17.7 Å². The van der Waals surface area contributed by atoms with Gasteiger partial charge in [-0.25, -0.2) is 4.98 Å². The summed E-state index contributed by atoms with van der Waals surface area (Å²) in [6, 6.07) is 3.68. The third-order valence-electron chi connectivity index (χ3n) is 2.37. The van der Waals surface area contributed by atoms with Crippen LogP contribution < -0.4 is 0 Å². The average Bonchev–Trinajstić information content (AvgIpc) is 2.58. The summed E-state index contributed by atoms with van der Waals surface area (Å²) < 4.78 is 5.71. The van der Waals surface area contributed by atoms with Crippen LogP contribution in [-0.4, -0.2) is 4.98 Å². The predicted octanol–water partition coefficient (Wildman–Crippen LogP) is 4.42. The van der Waals surface area contributed by atoms with Crippen LogP contribution in [0.4, 0.5) is 0 Å². The fourth-order valence-corrected chi connectivity index (χ4v) is 1.68. The lowest BCUT2D eigenvalue weighted by atomic mass is 9.97. The summed E-state index contributed by atoms with van der Waals surface area (Å²) in [4.78, 5) is 4.43. The maximum atomic E-state index is 6.07. The number of aromatic nitrogens is 1. The number of hydrogen-bond acceptors (Lipinski definition) is 2. The number of oxazole rings is 1. The minimum absolute atomic E-state index is 0.0974. The molecule has 0 aliphatic rings. The van der Waals surface area contributed by atoms with Crippen LogP contribution in [0.5, 0.6) is 0 Å². The third kappa shape index (κ3) is 1.85. The van der Waals surface area contributed by atoms with Crippen molar-refractivity contribution < 1.29 is 4.42 Å². The predicted molar refractivity (Wildman–Crippen MR) is 67.8 cm³/mol. The van der Waals surface area contributed by atoms with E-state index in [1.807, 2.05) is 12.1 Å². The van der Waals surface area contributed by atoms with Crippen LogP contribution in [0.15, 0.2) is 23.1 Å². The van der Waals surface area contributed by atoms with Crippen molar-refractivity contribution in [3.63, 3.8) is 0 Å². The first-order valence-corrected chi connectivity index (χ1v) is 5.52. The van der Waals surface area contributed by atoms with Gasteiger partial charge in [0.25, 0.3) is 0 Å². The lowest BCUT2D eigenvalue weighted by Crippen LogP contribution is -2.10. The van der Waals surface area contributed by atoms with Crippen LogP contribution in [0.25, 0.3) is 17.2 Å². The Kier molecular flexibility index (Phi) is 2.55. The quantitative estimate of drug-likeness (QED) is 0.731. The highest BCUT2D eigenvalue weighted by Crippen LogP contribution is 2.29. The summed E-state index contributed by atoms with van der Waals surface area (Å²) >= 11 is 6.07. The van der Waals surface area contributed by atoms with Crippen molar-refractivity contribution in [1.29, 1.82) is 0 Å². The first kappa shape index (κ1) is 11.2. The van der Waals surface area contributed by atoms with E-state index < -0.39 is 0 Å². The Bertz CT molecular complexity index is 549. The number of fused-ring (bicyclic) bond motifs is 1. The van der Waals surface area contributed by atoms with Gasteiger partial charge in [0.15, 0.2) is 5.58 Å². The molecular weight excluding hydrogens is 222 g/mol. The summed E-state index contributed by atoms with van der Waals surface area (Å²) in [7, 11) is 0. The summed E-state index contributed by atoms with van der Waals surface area (Å²) in [5, 5.41) is 0.649. The van der Waals surface area contributed by atoms with E-state index in [9.17, 15) is 0 Å². The molecule has 0 aliphatic carbocycles. The molecule has 0 aliphatic heterocycles. The van der Waals surface area contributed by atoms with Gasteiger partial charge in [0, 0.05) is 5.41 Å². The molecule has 0 unspecified atom stereocenters. The van der Waals surface area contributed by atoms with Gasteiger partial charge in [-0.3, -0.25) is 0 Å². The summed E-state index contributed by atoms with van der Waals surface area (Å²) in [5.74, 6) is 0.722. The second-order valence-corrected chi connectivity index (χ2v) is 5.22. The van der Waals surface area contributed by atoms with Crippen LogP contribution in [0.3, 0.4) is 0 Å². The van der Waals surface area contributed by atoms with Gasteiger partial charge in [0.05, 0.1) is 5.02 Å². The van der Waals surface area contributed by atoms with E-state index in [0.717, 1.165) is 22.6 Å². The molecule has 0 spiro atoms. The molecule has 0 N–H and O–H groups in total. The summed E-state index contributed by atoms with van der Waals surface area (Å²) in [6.07, 6.45) is 1.71. The molecule has 3 heteroatoms. The lowest BCUT2D eigenvalue weighted by molar-refractivity contribution is 0.411. The van der Waals surface area contributed by atoms with Crippen molar-refractivity contribution in [2.24, 2.45) is 0 Å². The standard InChI is InChI=1S/C13H14ClNO/c1-5-8-6-11-10(7-9(8)14)15-12(16-11)13(2,3)4/h5-7H,1H2,2-4H3. The molecule has 84 valence electrons. The largest absolute Gasteiger partial charge is 0.440 e. The minimum Gasteiger partial charge on any atom is -0.440 e. The smallest absolute Gasteiger partial charge is 0.200 e. The van der Waals surface area contributed by atoms with E-state index >= 15 is 0 Å². The van der Waals surface area contributed by atoms with Crippen LogP contribution in [0.1, 0.15) is 32.2 Å². The van der Waals surface area contributed by atoms with E-state index in [2.05, 4.69) is 32.3 Å². The first-order valence-electron chi connectivity index (χ1n) is 5.15. The van der Waals surface area contributed by atoms with E-state index in [4.69, 9.17) is 16.0 Å². The summed E-state index contributed by atoms with van der Waals surface area (Å²) in [6.45, 7) is 9.90. The van der Waals surface area contributed by atoms with Gasteiger partial charge in [-0.15, -0.1) is 0 Å². The third-order valence-corrected chi connectivity index (χ3v) is 2.70. The fourth-order valence-electron chi connectivity index (χ4n) is 1.44. The molecule has 0 atom stereocenters. The zero-order chi connectivity index (χ0) is 11.9. The fraction of sp³-hybridized carbons (Fsp3) is 0.308. The van der Waals surface area contributed by atoms with Crippen LogP contribution in [0.2, 0.25) is 5.02 Å². The van der Waals surface area contributed by atoms with E-state index in [-0.39, 0.29) is 5.41 Å². The zero-order valence-electron chi connectivity index (χ0n) is 9.67. The van der Waals surface area contributed by atoms with E-state index in [1.54, 1.807) is 6.08 Å². The maximum Gasteiger partial charge on any atom is 0.200 e. The van der Waals surface area contributed by atoms with Gasteiger partial charge in [-0.2, -0.15) is 0 Å². The van der Waals surface area contributed by atoms with Crippen LogP contribution in [-0.2, 0) is 5.41 Å². The Hall–Kier alpha value is -1.28. The minimum atomic E-state index is -0.0974. The molecule has 16 heavy (non-hydrogen) atoms. The second kappa shape index (κ2) is 3.63. The maximum absolute atomic E-state index is 6.07. The molecule has 1 aromatic carbocycles. The Morgan fingerprint density at radius 1 is 1.38 bits per heavy atom. The normalized spacial score (nSPS) is 12.0. The monoisotopic (exact) mass is 235 g/mol. The second-order valence-electron chi connectivity index (χ2n) is 4.81. The SMILES string of the molecule is C=Cc1cc2oc(C(C)(C)C)nc2cc1Cl. The van der Waals surface area contributed by atoms with Crippen molar-refractivity contribution in [2.75, 3.05) is 0 Å². The topological polar surface area (TPSA) is 26.0 Å². The Morgan fingerprint density at radius 2 is 2.06 bits per heavy atom. The van der Waals surface area contributed by atoms with Gasteiger partial charge in [0.1, 0.15) is 5.52 Å². The Balaban J connectivity index is 2.67. The Labute approximate surface area is 99.9 Å². The van der Waals surface area contributed by atoms with Gasteiger partial charge < -0.3 is 4.42 Å². The van der Waals surface area contributed by atoms with Gasteiger partial charge in [0.2, 0.25) is 5.89 Å². The zero-order valence-corrected chi connectivity index (χ0v) is 10.4. The molecule has 2 rings (SSSR count). The molecule has 1 heterocycles. The lowest BCUT2D eigenvalue weighted by Gasteiger charge is -2.11. The average molecular weight is 236 g/mol. The van der Waals surface area contributed by atoms with E-state index in [0.29, 0.717) is 5.02 Å². The number of rotatable bonds is 1. The van der Waals surface area contributed by atoms with Crippen molar-refractivity contribution in [3.8, 4) is 0 Å². The number of nitrogens with zero attached hydrogens (tertiary/aromatic N) is 1. The highest BCUT2D eigenvalue weighted by atomic mass is 35.5. The molecule has 0 fully saturated rings. The first-order chi connectivity index (χ1) is 7.41. The van der Waals surface area contributed by atoms with Crippen molar-refractivity contribution >= 4 is 28.8 Å². The van der Waals surface area contributed by atoms with E-state index in [1.165, 1.54) is 0 Å². The molecule has 0 bridgehead atoms. The highest BCUT2D eigenvalue weighted by molar-refractivity contribution is 6.32. The molecule has 2 aromatic rings. The molecule has 0 saturated heterocycles. The molecule has 2 nitrogen and oxygen atoms in total. The molecule has 0 amide bonds. The highest BCUT2D eigenvalue weighted by Gasteiger charge is 2.21. The van der Waals surface area contributed by atoms with Gasteiger partial charge >= 0.3 is 0 Å². The number of benzene rings is 1. The molecular formula is C13H14ClNO. The number of halogens is 1. The van der Waals surface area contributed by atoms with Crippen molar-refractivity contribution in [3.05, 3.63) is 35.2 Å². The van der Waals surface area contributed by atoms with Gasteiger partial charge in [-0.1, -0.05) is 45.0 Å². The summed E-state index contributed by atoms with van der Waals surface area (Å²) in [5.41, 5.74) is 2.32. The van der Waals surface area contributed by atoms with Crippen molar-refractivity contribution in [2.45, 2.75) is 26.2 Å². The Morgan fingerprint density at radius 3 is 2.62 bits per heavy atom.